The highest BCUT2D eigenvalue weighted by atomic mass is 32.2. The Bertz CT molecular complexity index is 1110. The van der Waals surface area contributed by atoms with Crippen LogP contribution >= 0.6 is 24.0 Å². The van der Waals surface area contributed by atoms with Gasteiger partial charge in [-0.25, -0.2) is 4.79 Å². The van der Waals surface area contributed by atoms with Crippen LogP contribution in [0, 0.1) is 0 Å². The van der Waals surface area contributed by atoms with Crippen LogP contribution in [-0.2, 0) is 9.59 Å². The van der Waals surface area contributed by atoms with E-state index in [1.165, 1.54) is 34.9 Å². The molecular formula is C23H20N2O5S2. The van der Waals surface area contributed by atoms with E-state index in [1.807, 2.05) is 36.4 Å². The summed E-state index contributed by atoms with van der Waals surface area (Å²) >= 11 is 6.52. The van der Waals surface area contributed by atoms with Gasteiger partial charge in [-0.1, -0.05) is 66.5 Å². The van der Waals surface area contributed by atoms with Gasteiger partial charge in [0.05, 0.1) is 4.91 Å². The summed E-state index contributed by atoms with van der Waals surface area (Å²) in [6.45, 7) is 0.307. The maximum Gasteiger partial charge on any atom is 0.339 e. The lowest BCUT2D eigenvalue weighted by molar-refractivity contribution is -0.122. The molecule has 1 aliphatic rings. The summed E-state index contributed by atoms with van der Waals surface area (Å²) in [5.74, 6) is -2.19. The summed E-state index contributed by atoms with van der Waals surface area (Å²) < 4.78 is 0.448. The van der Waals surface area contributed by atoms with Crippen LogP contribution in [0.2, 0.25) is 0 Å². The van der Waals surface area contributed by atoms with E-state index >= 15 is 0 Å². The molecule has 0 aromatic heterocycles. The van der Waals surface area contributed by atoms with Crippen molar-refractivity contribution in [3.63, 3.8) is 0 Å². The fraction of sp³-hybridized carbons (Fsp3) is 0.130. The lowest BCUT2D eigenvalue weighted by Crippen LogP contribution is -2.29. The number of carboxylic acid groups (broad SMARTS) is 1. The average Bonchev–Trinajstić information content (AvgIpc) is 3.02. The fourth-order valence-corrected chi connectivity index (χ4v) is 4.19. The van der Waals surface area contributed by atoms with Crippen molar-refractivity contribution in [2.75, 3.05) is 11.9 Å². The number of allylic oxidation sites excluding steroid dienone is 2. The van der Waals surface area contributed by atoms with Crippen LogP contribution < -0.4 is 5.32 Å². The van der Waals surface area contributed by atoms with E-state index in [2.05, 4.69) is 5.32 Å². The summed E-state index contributed by atoms with van der Waals surface area (Å²) in [6, 6.07) is 13.5. The van der Waals surface area contributed by atoms with E-state index < -0.39 is 11.7 Å². The van der Waals surface area contributed by atoms with Crippen molar-refractivity contribution in [2.24, 2.45) is 0 Å². The lowest BCUT2D eigenvalue weighted by atomic mass is 10.1. The number of thiocarbonyl (C=S) groups is 1. The number of thioether (sulfide) groups is 1. The first kappa shape index (κ1) is 23.2. The third-order valence-electron chi connectivity index (χ3n) is 4.51. The maximum atomic E-state index is 12.6. The highest BCUT2D eigenvalue weighted by Crippen LogP contribution is 2.31. The van der Waals surface area contributed by atoms with Crippen molar-refractivity contribution < 1.29 is 24.6 Å². The highest BCUT2D eigenvalue weighted by Gasteiger charge is 2.31. The molecule has 3 N–H and O–H groups in total. The molecule has 0 saturated carbocycles. The number of hydrogen-bond acceptors (Lipinski definition) is 6. The number of amides is 2. The number of aromatic hydroxyl groups is 1. The SMILES string of the molecule is O=C(CCCN1C(=O)C(=CC=Cc2ccccc2)SC1=S)Nc1ccc(C(=O)O)c(O)c1. The van der Waals surface area contributed by atoms with Gasteiger partial charge in [-0.15, -0.1) is 0 Å². The smallest absolute Gasteiger partial charge is 0.339 e. The number of benzene rings is 2. The molecule has 0 spiro atoms. The van der Waals surface area contributed by atoms with Gasteiger partial charge >= 0.3 is 5.97 Å². The Kier molecular flexibility index (Phi) is 7.80. The summed E-state index contributed by atoms with van der Waals surface area (Å²) in [4.78, 5) is 37.7. The Balaban J connectivity index is 1.49. The normalized spacial score (nSPS) is 15.0. The van der Waals surface area contributed by atoms with Crippen LogP contribution in [0.4, 0.5) is 5.69 Å². The van der Waals surface area contributed by atoms with E-state index in [4.69, 9.17) is 17.3 Å². The summed E-state index contributed by atoms with van der Waals surface area (Å²) in [7, 11) is 0. The third kappa shape index (κ3) is 6.05. The number of carbonyl (C=O) groups excluding carboxylic acids is 2. The van der Waals surface area contributed by atoms with Crippen LogP contribution in [0.3, 0.4) is 0 Å². The predicted octanol–water partition coefficient (Wildman–Crippen LogP) is 4.27. The molecule has 0 unspecified atom stereocenters. The Morgan fingerprint density at radius 1 is 1.16 bits per heavy atom. The lowest BCUT2D eigenvalue weighted by Gasteiger charge is -2.14. The summed E-state index contributed by atoms with van der Waals surface area (Å²) in [6.07, 6.45) is 5.96. The van der Waals surface area contributed by atoms with E-state index in [1.54, 1.807) is 12.2 Å². The first-order valence-electron chi connectivity index (χ1n) is 9.68. The summed E-state index contributed by atoms with van der Waals surface area (Å²) in [5.41, 5.74) is 1.07. The van der Waals surface area contributed by atoms with Gasteiger partial charge in [-0.2, -0.15) is 0 Å². The van der Waals surface area contributed by atoms with Crippen molar-refractivity contribution in [3.05, 3.63) is 76.7 Å². The molecule has 0 radical (unpaired) electrons. The number of phenols is 1. The predicted molar refractivity (Wildman–Crippen MR) is 128 cm³/mol. The molecule has 1 fully saturated rings. The minimum Gasteiger partial charge on any atom is -0.507 e. The van der Waals surface area contributed by atoms with Crippen molar-refractivity contribution in [2.45, 2.75) is 12.8 Å². The van der Waals surface area contributed by atoms with Gasteiger partial charge < -0.3 is 15.5 Å². The Morgan fingerprint density at radius 3 is 2.59 bits per heavy atom. The molecule has 1 saturated heterocycles. The molecule has 0 bridgehead atoms. The van der Waals surface area contributed by atoms with Gasteiger partial charge in [0.15, 0.2) is 0 Å². The zero-order valence-electron chi connectivity index (χ0n) is 16.9. The van der Waals surface area contributed by atoms with Crippen molar-refractivity contribution in [3.8, 4) is 5.75 Å². The number of carboxylic acids is 1. The minimum absolute atomic E-state index is 0.130. The third-order valence-corrected chi connectivity index (χ3v) is 5.90. The largest absolute Gasteiger partial charge is 0.507 e. The number of nitrogens with one attached hydrogen (secondary N) is 1. The van der Waals surface area contributed by atoms with Gasteiger partial charge in [0.1, 0.15) is 15.6 Å². The molecule has 32 heavy (non-hydrogen) atoms. The van der Waals surface area contributed by atoms with E-state index in [0.717, 1.165) is 5.56 Å². The Hall–Kier alpha value is -3.43. The zero-order valence-corrected chi connectivity index (χ0v) is 18.5. The zero-order chi connectivity index (χ0) is 23.1. The molecule has 1 aliphatic heterocycles. The number of aromatic carboxylic acids is 1. The van der Waals surface area contributed by atoms with Crippen LogP contribution in [0.5, 0.6) is 5.75 Å². The van der Waals surface area contributed by atoms with Gasteiger partial charge in [0, 0.05) is 24.7 Å². The van der Waals surface area contributed by atoms with E-state index in [-0.39, 0.29) is 29.5 Å². The van der Waals surface area contributed by atoms with Crippen LogP contribution in [0.25, 0.3) is 6.08 Å². The van der Waals surface area contributed by atoms with Gasteiger partial charge in [-0.05, 0) is 30.2 Å². The molecule has 0 aliphatic carbocycles. The van der Waals surface area contributed by atoms with Crippen LogP contribution in [-0.4, -0.2) is 43.8 Å². The maximum absolute atomic E-state index is 12.6. The molecular weight excluding hydrogens is 448 g/mol. The Morgan fingerprint density at radius 2 is 1.91 bits per heavy atom. The number of hydrogen-bond donors (Lipinski definition) is 3. The topological polar surface area (TPSA) is 107 Å². The molecule has 7 nitrogen and oxygen atoms in total. The van der Waals surface area contributed by atoms with Crippen LogP contribution in [0.15, 0.2) is 65.6 Å². The minimum atomic E-state index is -1.26. The van der Waals surface area contributed by atoms with Crippen molar-refractivity contribution in [1.82, 2.24) is 4.90 Å². The second-order valence-corrected chi connectivity index (χ2v) is 8.49. The molecule has 2 aromatic rings. The quantitative estimate of drug-likeness (QED) is 0.392. The first-order chi connectivity index (χ1) is 15.3. The average molecular weight is 469 g/mol. The standard InChI is InChI=1S/C23H20N2O5S2/c26-18-14-16(11-12-17(18)22(29)30)24-20(27)10-5-13-25-21(28)19(32-23(25)31)9-4-8-15-6-2-1-3-7-15/h1-4,6-9,11-12,14,26H,5,10,13H2,(H,24,27)(H,29,30). The molecule has 2 amide bonds. The van der Waals surface area contributed by atoms with Crippen molar-refractivity contribution >= 4 is 57.8 Å². The van der Waals surface area contributed by atoms with E-state index in [0.29, 0.717) is 22.2 Å². The number of anilines is 1. The molecule has 164 valence electrons. The second kappa shape index (κ2) is 10.7. The molecule has 2 aromatic carbocycles. The number of nitrogens with zero attached hydrogens (tertiary/aromatic N) is 1. The van der Waals surface area contributed by atoms with E-state index in [9.17, 15) is 19.5 Å². The highest BCUT2D eigenvalue weighted by molar-refractivity contribution is 8.26. The number of rotatable bonds is 8. The molecule has 0 atom stereocenters. The molecule has 3 rings (SSSR count). The van der Waals surface area contributed by atoms with Crippen molar-refractivity contribution in [1.29, 1.82) is 0 Å². The summed E-state index contributed by atoms with van der Waals surface area (Å²) in [5, 5.41) is 21.2. The second-order valence-electron chi connectivity index (χ2n) is 6.81. The number of carbonyl (C=O) groups is 3. The fourth-order valence-electron chi connectivity index (χ4n) is 2.93. The van der Waals surface area contributed by atoms with Gasteiger partial charge in [0.2, 0.25) is 5.91 Å². The van der Waals surface area contributed by atoms with Gasteiger partial charge in [0.25, 0.3) is 5.91 Å². The van der Waals surface area contributed by atoms with Gasteiger partial charge in [-0.3, -0.25) is 14.5 Å². The Labute approximate surface area is 194 Å². The first-order valence-corrected chi connectivity index (χ1v) is 10.9. The molecule has 1 heterocycles. The monoisotopic (exact) mass is 468 g/mol. The molecule has 9 heteroatoms. The van der Waals surface area contributed by atoms with Crippen LogP contribution in [0.1, 0.15) is 28.8 Å².